The van der Waals surface area contributed by atoms with Crippen LogP contribution in [-0.4, -0.2) is 0 Å². The summed E-state index contributed by atoms with van der Waals surface area (Å²) in [6, 6.07) is 12.3. The molecule has 0 amide bonds. The number of hydrogen-bond acceptors (Lipinski definition) is 3. The second-order valence-electron chi connectivity index (χ2n) is 2.46. The molecule has 64 valence electrons. The molecule has 0 saturated carbocycles. The predicted octanol–water partition coefficient (Wildman–Crippen LogP) is 1.99. The van der Waals surface area contributed by atoms with Crippen LogP contribution in [-0.2, 0) is 0 Å². The van der Waals surface area contributed by atoms with Gasteiger partial charge in [-0.2, -0.15) is 15.8 Å². The topological polar surface area (TPSA) is 71.4 Å². The van der Waals surface area contributed by atoms with E-state index in [1.165, 1.54) is 0 Å². The lowest BCUT2D eigenvalue weighted by Gasteiger charge is -1.98. The van der Waals surface area contributed by atoms with Gasteiger partial charge in [0, 0.05) is 11.6 Å². The van der Waals surface area contributed by atoms with Crippen LogP contribution in [0.4, 0.5) is 0 Å². The number of rotatable bonds is 1. The minimum atomic E-state index is 0.213. The Morgan fingerprint density at radius 1 is 1.14 bits per heavy atom. The Morgan fingerprint density at radius 2 is 1.86 bits per heavy atom. The molecule has 0 aromatic heterocycles. The number of nitrogens with zero attached hydrogens (tertiary/aromatic N) is 3. The first-order valence-electron chi connectivity index (χ1n) is 3.83. The van der Waals surface area contributed by atoms with E-state index in [2.05, 4.69) is 0 Å². The van der Waals surface area contributed by atoms with Gasteiger partial charge in [-0.25, -0.2) is 0 Å². The molecule has 14 heavy (non-hydrogen) atoms. The Labute approximate surface area is 81.7 Å². The van der Waals surface area contributed by atoms with Gasteiger partial charge in [0.25, 0.3) is 0 Å². The van der Waals surface area contributed by atoms with Crippen molar-refractivity contribution >= 4 is 5.57 Å². The molecule has 0 heterocycles. The molecule has 1 aromatic carbocycles. The molecule has 0 atom stereocenters. The summed E-state index contributed by atoms with van der Waals surface area (Å²) < 4.78 is 0. The second kappa shape index (κ2) is 4.45. The summed E-state index contributed by atoms with van der Waals surface area (Å²) in [6.07, 6.45) is 1.14. The van der Waals surface area contributed by atoms with E-state index in [0.717, 1.165) is 6.08 Å². The van der Waals surface area contributed by atoms with Gasteiger partial charge in [0.2, 0.25) is 0 Å². The van der Waals surface area contributed by atoms with Gasteiger partial charge < -0.3 is 0 Å². The molecule has 3 heteroatoms. The van der Waals surface area contributed by atoms with Crippen LogP contribution < -0.4 is 0 Å². The average molecular weight is 179 g/mol. The summed E-state index contributed by atoms with van der Waals surface area (Å²) in [5.41, 5.74) is 1.11. The monoisotopic (exact) mass is 179 g/mol. The molecule has 0 aliphatic rings. The standard InChI is InChI=1S/C11H5N3/c12-6-5-10(8-14)11-4-2-1-3-9(11)7-13/h1-5H. The number of benzene rings is 1. The third-order valence-electron chi connectivity index (χ3n) is 1.67. The van der Waals surface area contributed by atoms with E-state index in [9.17, 15) is 0 Å². The number of hydrogen-bond donors (Lipinski definition) is 0. The number of nitriles is 3. The van der Waals surface area contributed by atoms with Gasteiger partial charge in [0.1, 0.15) is 6.07 Å². The zero-order chi connectivity index (χ0) is 10.4. The van der Waals surface area contributed by atoms with E-state index in [-0.39, 0.29) is 5.57 Å². The SMILES string of the molecule is N#CC=C(C#N)c1ccccc1C#N. The average Bonchev–Trinajstić information content (AvgIpc) is 2.26. The molecule has 0 bridgehead atoms. The lowest BCUT2D eigenvalue weighted by Crippen LogP contribution is -1.86. The molecule has 1 aromatic rings. The van der Waals surface area contributed by atoms with Gasteiger partial charge in [0.15, 0.2) is 0 Å². The molecular formula is C11H5N3. The van der Waals surface area contributed by atoms with Crippen molar-refractivity contribution < 1.29 is 0 Å². The fourth-order valence-corrected chi connectivity index (χ4v) is 1.05. The highest BCUT2D eigenvalue weighted by molar-refractivity contribution is 5.81. The van der Waals surface area contributed by atoms with Crippen molar-refractivity contribution in [1.29, 1.82) is 15.8 Å². The Bertz CT molecular complexity index is 492. The lowest BCUT2D eigenvalue weighted by atomic mass is 10.0. The van der Waals surface area contributed by atoms with E-state index in [1.54, 1.807) is 30.3 Å². The normalized spacial score (nSPS) is 9.64. The quantitative estimate of drug-likeness (QED) is 0.619. The zero-order valence-corrected chi connectivity index (χ0v) is 7.23. The minimum absolute atomic E-state index is 0.213. The highest BCUT2D eigenvalue weighted by Gasteiger charge is 2.05. The first-order chi connectivity index (χ1) is 6.83. The van der Waals surface area contributed by atoms with Gasteiger partial charge in [-0.15, -0.1) is 0 Å². The van der Waals surface area contributed by atoms with Gasteiger partial charge >= 0.3 is 0 Å². The van der Waals surface area contributed by atoms with E-state index >= 15 is 0 Å². The molecule has 0 aliphatic heterocycles. The van der Waals surface area contributed by atoms with E-state index < -0.39 is 0 Å². The molecule has 0 unspecified atom stereocenters. The van der Waals surface area contributed by atoms with E-state index in [0.29, 0.717) is 11.1 Å². The summed E-state index contributed by atoms with van der Waals surface area (Å²) in [5.74, 6) is 0. The first-order valence-corrected chi connectivity index (χ1v) is 3.83. The molecule has 0 spiro atoms. The van der Waals surface area contributed by atoms with Gasteiger partial charge in [-0.1, -0.05) is 18.2 Å². The molecule has 3 nitrogen and oxygen atoms in total. The Hall–Kier alpha value is -2.57. The molecular weight excluding hydrogens is 174 g/mol. The maximum atomic E-state index is 8.76. The largest absolute Gasteiger partial charge is 0.193 e. The summed E-state index contributed by atoms with van der Waals surface area (Å²) in [6.45, 7) is 0. The highest BCUT2D eigenvalue weighted by Crippen LogP contribution is 2.17. The maximum Gasteiger partial charge on any atom is 0.101 e. The van der Waals surface area contributed by atoms with Crippen molar-refractivity contribution in [3.8, 4) is 18.2 Å². The van der Waals surface area contributed by atoms with Crippen molar-refractivity contribution in [3.05, 3.63) is 41.5 Å². The number of allylic oxidation sites excluding steroid dienone is 2. The van der Waals surface area contributed by atoms with Gasteiger partial charge in [0.05, 0.1) is 23.3 Å². The zero-order valence-electron chi connectivity index (χ0n) is 7.23. The third kappa shape index (κ3) is 1.78. The van der Waals surface area contributed by atoms with Crippen molar-refractivity contribution in [3.63, 3.8) is 0 Å². The molecule has 0 radical (unpaired) electrons. The van der Waals surface area contributed by atoms with Crippen molar-refractivity contribution in [2.75, 3.05) is 0 Å². The van der Waals surface area contributed by atoms with E-state index in [1.807, 2.05) is 12.1 Å². The van der Waals surface area contributed by atoms with Crippen molar-refractivity contribution in [2.24, 2.45) is 0 Å². The van der Waals surface area contributed by atoms with Crippen LogP contribution in [0.15, 0.2) is 30.3 Å². The molecule has 0 fully saturated rings. The third-order valence-corrected chi connectivity index (χ3v) is 1.67. The van der Waals surface area contributed by atoms with Crippen molar-refractivity contribution in [1.82, 2.24) is 0 Å². The highest BCUT2D eigenvalue weighted by atomic mass is 14.3. The fraction of sp³-hybridized carbons (Fsp3) is 0. The summed E-state index contributed by atoms with van der Waals surface area (Å²) in [5, 5.41) is 25.9. The Balaban J connectivity index is 3.35. The molecule has 0 N–H and O–H groups in total. The van der Waals surface area contributed by atoms with Gasteiger partial charge in [-0.05, 0) is 6.07 Å². The molecule has 0 aliphatic carbocycles. The van der Waals surface area contributed by atoms with Gasteiger partial charge in [-0.3, -0.25) is 0 Å². The Kier molecular flexibility index (Phi) is 3.03. The Morgan fingerprint density at radius 3 is 2.43 bits per heavy atom. The second-order valence-corrected chi connectivity index (χ2v) is 2.46. The molecule has 0 saturated heterocycles. The maximum absolute atomic E-state index is 8.76. The molecule has 1 rings (SSSR count). The van der Waals surface area contributed by atoms with Crippen LogP contribution in [0.2, 0.25) is 0 Å². The van der Waals surface area contributed by atoms with E-state index in [4.69, 9.17) is 15.8 Å². The van der Waals surface area contributed by atoms with Crippen LogP contribution in [0.5, 0.6) is 0 Å². The predicted molar refractivity (Wildman–Crippen MR) is 50.4 cm³/mol. The summed E-state index contributed by atoms with van der Waals surface area (Å²) >= 11 is 0. The fourth-order valence-electron chi connectivity index (χ4n) is 1.05. The van der Waals surface area contributed by atoms with Crippen LogP contribution >= 0.6 is 0 Å². The minimum Gasteiger partial charge on any atom is -0.193 e. The summed E-state index contributed by atoms with van der Waals surface area (Å²) in [7, 11) is 0. The lowest BCUT2D eigenvalue weighted by molar-refractivity contribution is 1.45. The van der Waals surface area contributed by atoms with Crippen molar-refractivity contribution in [2.45, 2.75) is 0 Å². The smallest absolute Gasteiger partial charge is 0.101 e. The van der Waals surface area contributed by atoms with Crippen LogP contribution in [0.1, 0.15) is 11.1 Å². The van der Waals surface area contributed by atoms with Crippen LogP contribution in [0.3, 0.4) is 0 Å². The summed E-state index contributed by atoms with van der Waals surface area (Å²) in [4.78, 5) is 0. The van der Waals surface area contributed by atoms with Crippen LogP contribution in [0.25, 0.3) is 5.57 Å². The first kappa shape index (κ1) is 9.52. The van der Waals surface area contributed by atoms with Crippen LogP contribution in [0, 0.1) is 34.0 Å².